The molecule has 7 nitrogen and oxygen atoms in total. The number of rotatable bonds is 8. The maximum Gasteiger partial charge on any atom is 0.310 e. The highest BCUT2D eigenvalue weighted by Crippen LogP contribution is 2.23. The monoisotopic (exact) mass is 416 g/mol. The first-order valence-corrected chi connectivity index (χ1v) is 10.2. The summed E-state index contributed by atoms with van der Waals surface area (Å²) < 4.78 is 13.0. The fourth-order valence-corrected chi connectivity index (χ4v) is 3.39. The topological polar surface area (TPSA) is 91.7 Å². The first-order chi connectivity index (χ1) is 15.2. The molecule has 0 bridgehead atoms. The van der Waals surface area contributed by atoms with E-state index in [1.807, 2.05) is 65.2 Å². The molecular weight excluding hydrogens is 392 g/mol. The molecule has 0 fully saturated rings. The maximum absolute atomic E-state index is 11.9. The van der Waals surface area contributed by atoms with Gasteiger partial charge in [0.1, 0.15) is 12.4 Å². The second kappa shape index (κ2) is 9.40. The van der Waals surface area contributed by atoms with Gasteiger partial charge < -0.3 is 15.2 Å². The van der Waals surface area contributed by atoms with Crippen LogP contribution in [-0.2, 0) is 29.1 Å². The number of nitrogens with two attached hydrogens (primary N) is 1. The molecule has 0 saturated heterocycles. The molecule has 31 heavy (non-hydrogen) atoms. The van der Waals surface area contributed by atoms with Crippen LogP contribution in [0.2, 0.25) is 0 Å². The van der Waals surface area contributed by atoms with Gasteiger partial charge in [-0.25, -0.2) is 0 Å². The number of aromatic nitrogens is 3. The average molecular weight is 416 g/mol. The summed E-state index contributed by atoms with van der Waals surface area (Å²) in [6.07, 6.45) is 2.15. The zero-order valence-corrected chi connectivity index (χ0v) is 17.3. The minimum Gasteiger partial charge on any atom is -0.485 e. The second-order valence-electron chi connectivity index (χ2n) is 7.04. The van der Waals surface area contributed by atoms with Gasteiger partial charge in [-0.3, -0.25) is 9.20 Å². The lowest BCUT2D eigenvalue weighted by molar-refractivity contribution is -0.142. The van der Waals surface area contributed by atoms with Crippen molar-refractivity contribution < 1.29 is 14.3 Å². The van der Waals surface area contributed by atoms with Gasteiger partial charge in [-0.05, 0) is 47.9 Å². The van der Waals surface area contributed by atoms with E-state index in [1.54, 1.807) is 6.92 Å². The molecule has 0 radical (unpaired) electrons. The summed E-state index contributed by atoms with van der Waals surface area (Å²) in [6.45, 7) is 2.85. The molecule has 0 atom stereocenters. The fourth-order valence-electron chi connectivity index (χ4n) is 3.39. The first kappa shape index (κ1) is 20.6. The van der Waals surface area contributed by atoms with Crippen molar-refractivity contribution in [3.05, 3.63) is 83.8 Å². The highest BCUT2D eigenvalue weighted by Gasteiger charge is 2.12. The number of fused-ring (bicyclic) bond motifs is 1. The molecule has 0 amide bonds. The Bertz CT molecular complexity index is 1200. The van der Waals surface area contributed by atoms with Gasteiger partial charge in [0, 0.05) is 18.3 Å². The number of carbonyl (C=O) groups is 1. The zero-order chi connectivity index (χ0) is 21.6. The van der Waals surface area contributed by atoms with Crippen molar-refractivity contribution in [2.75, 3.05) is 6.61 Å². The summed E-state index contributed by atoms with van der Waals surface area (Å²) in [4.78, 5) is 11.9. The molecule has 0 unspecified atom stereocenters. The molecule has 2 N–H and O–H groups in total. The van der Waals surface area contributed by atoms with Crippen molar-refractivity contribution >= 4 is 11.6 Å². The highest BCUT2D eigenvalue weighted by molar-refractivity contribution is 5.73. The number of carbonyl (C=O) groups excluding carboxylic acids is 1. The SMILES string of the molecule is CCOC(=O)Cc1ccccc1OCc1nnc2ccc(-c3cccc(CN)c3)cn12. The Morgan fingerprint density at radius 2 is 1.90 bits per heavy atom. The Labute approximate surface area is 180 Å². The standard InChI is InChI=1S/C24H24N4O3/c1-2-30-24(29)13-19-7-3-4-9-21(19)31-16-23-27-26-22-11-10-20(15-28(22)23)18-8-5-6-17(12-18)14-25/h3-12,15H,2,13-14,16,25H2,1H3. The van der Waals surface area contributed by atoms with Crippen LogP contribution >= 0.6 is 0 Å². The summed E-state index contributed by atoms with van der Waals surface area (Å²) in [5.74, 6) is 1.01. The minimum atomic E-state index is -0.282. The smallest absolute Gasteiger partial charge is 0.310 e. The zero-order valence-electron chi connectivity index (χ0n) is 17.3. The van der Waals surface area contributed by atoms with Crippen LogP contribution in [-0.4, -0.2) is 27.2 Å². The van der Waals surface area contributed by atoms with Crippen LogP contribution in [0.5, 0.6) is 5.75 Å². The Morgan fingerprint density at radius 3 is 2.74 bits per heavy atom. The molecule has 0 saturated carbocycles. The quantitative estimate of drug-likeness (QED) is 0.442. The van der Waals surface area contributed by atoms with Crippen molar-refractivity contribution in [3.63, 3.8) is 0 Å². The third-order valence-corrected chi connectivity index (χ3v) is 4.94. The van der Waals surface area contributed by atoms with E-state index in [0.29, 0.717) is 24.7 Å². The number of ether oxygens (including phenoxy) is 2. The second-order valence-corrected chi connectivity index (χ2v) is 7.04. The van der Waals surface area contributed by atoms with Gasteiger partial charge >= 0.3 is 5.97 Å². The fraction of sp³-hybridized carbons (Fsp3) is 0.208. The largest absolute Gasteiger partial charge is 0.485 e. The van der Waals surface area contributed by atoms with Crippen LogP contribution in [0.3, 0.4) is 0 Å². The van der Waals surface area contributed by atoms with Crippen molar-refractivity contribution in [3.8, 4) is 16.9 Å². The van der Waals surface area contributed by atoms with E-state index in [4.69, 9.17) is 15.2 Å². The lowest BCUT2D eigenvalue weighted by atomic mass is 10.0. The summed E-state index contributed by atoms with van der Waals surface area (Å²) >= 11 is 0. The van der Waals surface area contributed by atoms with Crippen molar-refractivity contribution in [1.82, 2.24) is 14.6 Å². The molecule has 2 aromatic carbocycles. The maximum atomic E-state index is 11.9. The first-order valence-electron chi connectivity index (χ1n) is 10.2. The van der Waals surface area contributed by atoms with Crippen molar-refractivity contribution in [2.24, 2.45) is 5.73 Å². The number of para-hydroxylation sites is 1. The Hall–Kier alpha value is -3.71. The van der Waals surface area contributed by atoms with E-state index in [-0.39, 0.29) is 19.0 Å². The summed E-state index contributed by atoms with van der Waals surface area (Å²) in [6, 6.07) is 19.5. The third-order valence-electron chi connectivity index (χ3n) is 4.94. The van der Waals surface area contributed by atoms with Crippen LogP contribution in [0.15, 0.2) is 66.9 Å². The Morgan fingerprint density at radius 1 is 1.03 bits per heavy atom. The van der Waals surface area contributed by atoms with E-state index in [1.165, 1.54) is 0 Å². The van der Waals surface area contributed by atoms with E-state index >= 15 is 0 Å². The molecule has 7 heteroatoms. The number of pyridine rings is 1. The van der Waals surface area contributed by atoms with Crippen LogP contribution < -0.4 is 10.5 Å². The van der Waals surface area contributed by atoms with E-state index < -0.39 is 0 Å². The molecule has 0 aliphatic carbocycles. The Kier molecular flexibility index (Phi) is 6.24. The van der Waals surface area contributed by atoms with Gasteiger partial charge in [0.15, 0.2) is 11.5 Å². The van der Waals surface area contributed by atoms with Gasteiger partial charge in [-0.1, -0.05) is 36.4 Å². The lowest BCUT2D eigenvalue weighted by Crippen LogP contribution is -2.09. The average Bonchev–Trinajstić information content (AvgIpc) is 3.21. The molecule has 4 rings (SSSR count). The summed E-state index contributed by atoms with van der Waals surface area (Å²) in [5.41, 5.74) is 10.5. The van der Waals surface area contributed by atoms with Crippen LogP contribution in [0.4, 0.5) is 0 Å². The highest BCUT2D eigenvalue weighted by atomic mass is 16.5. The lowest BCUT2D eigenvalue weighted by Gasteiger charge is -2.11. The van der Waals surface area contributed by atoms with Gasteiger partial charge in [0.25, 0.3) is 0 Å². The van der Waals surface area contributed by atoms with E-state index in [9.17, 15) is 4.79 Å². The predicted octanol–water partition coefficient (Wildman–Crippen LogP) is 3.54. The van der Waals surface area contributed by atoms with Crippen LogP contribution in [0.25, 0.3) is 16.8 Å². The number of nitrogens with zero attached hydrogens (tertiary/aromatic N) is 3. The molecule has 158 valence electrons. The van der Waals surface area contributed by atoms with E-state index in [2.05, 4.69) is 16.3 Å². The van der Waals surface area contributed by atoms with Gasteiger partial charge in [0.05, 0.1) is 13.0 Å². The molecular formula is C24H24N4O3. The predicted molar refractivity (Wildman–Crippen MR) is 117 cm³/mol. The number of hydrogen-bond acceptors (Lipinski definition) is 6. The molecule has 0 aliphatic rings. The van der Waals surface area contributed by atoms with Gasteiger partial charge in [-0.15, -0.1) is 10.2 Å². The third kappa shape index (κ3) is 4.73. The van der Waals surface area contributed by atoms with Crippen molar-refractivity contribution in [2.45, 2.75) is 26.5 Å². The molecule has 2 aromatic heterocycles. The van der Waals surface area contributed by atoms with Crippen molar-refractivity contribution in [1.29, 1.82) is 0 Å². The number of benzene rings is 2. The normalized spacial score (nSPS) is 10.9. The van der Waals surface area contributed by atoms with Gasteiger partial charge in [0.2, 0.25) is 0 Å². The summed E-state index contributed by atoms with van der Waals surface area (Å²) in [5, 5.41) is 8.51. The number of esters is 1. The number of hydrogen-bond donors (Lipinski definition) is 1. The Balaban J connectivity index is 1.57. The van der Waals surface area contributed by atoms with Gasteiger partial charge in [-0.2, -0.15) is 0 Å². The molecule has 4 aromatic rings. The van der Waals surface area contributed by atoms with Crippen LogP contribution in [0.1, 0.15) is 23.9 Å². The molecule has 0 spiro atoms. The molecule has 0 aliphatic heterocycles. The minimum absolute atomic E-state index is 0.159. The van der Waals surface area contributed by atoms with E-state index in [0.717, 1.165) is 27.9 Å². The molecule has 2 heterocycles. The van der Waals surface area contributed by atoms with Crippen LogP contribution in [0, 0.1) is 0 Å². The summed E-state index contributed by atoms with van der Waals surface area (Å²) in [7, 11) is 0.